The van der Waals surface area contributed by atoms with Crippen LogP contribution in [0.1, 0.15) is 26.2 Å². The lowest BCUT2D eigenvalue weighted by Crippen LogP contribution is -2.41. The molecule has 2 fully saturated rings. The Hall–Kier alpha value is -0.870. The Bertz CT molecular complexity index is 686. The van der Waals surface area contributed by atoms with E-state index in [0.29, 0.717) is 12.5 Å². The normalized spacial score (nSPS) is 24.3. The second-order valence-electron chi connectivity index (χ2n) is 6.06. The first-order valence-corrected chi connectivity index (χ1v) is 11.1. The van der Waals surface area contributed by atoms with Gasteiger partial charge in [0.2, 0.25) is 11.0 Å². The standard InChI is InChI=1S/C13H20N4O3S3/c1-8(11(18)17(2)10-5-6-23(19,20)7-10)21-13-16-15-12(22-13)14-9-3-4-9/h8-10H,3-7H2,1-2H3,(H,14,15)/t8-,10+/m1/s1. The Kier molecular flexibility index (Phi) is 4.84. The van der Waals surface area contributed by atoms with Crippen molar-refractivity contribution in [1.29, 1.82) is 0 Å². The summed E-state index contributed by atoms with van der Waals surface area (Å²) in [6.45, 7) is 1.82. The summed E-state index contributed by atoms with van der Waals surface area (Å²) in [5.74, 6) is 0.175. The maximum atomic E-state index is 12.5. The molecule has 2 atom stereocenters. The highest BCUT2D eigenvalue weighted by Crippen LogP contribution is 2.32. The van der Waals surface area contributed by atoms with Crippen LogP contribution in [0.2, 0.25) is 0 Å². The lowest BCUT2D eigenvalue weighted by Gasteiger charge is -2.25. The molecule has 0 spiro atoms. The minimum absolute atomic E-state index is 0.0657. The van der Waals surface area contributed by atoms with Crippen molar-refractivity contribution < 1.29 is 13.2 Å². The second kappa shape index (κ2) is 6.56. The van der Waals surface area contributed by atoms with E-state index < -0.39 is 9.84 Å². The van der Waals surface area contributed by atoms with E-state index in [1.54, 1.807) is 11.9 Å². The van der Waals surface area contributed by atoms with Crippen molar-refractivity contribution in [2.75, 3.05) is 23.9 Å². The summed E-state index contributed by atoms with van der Waals surface area (Å²) in [4.78, 5) is 14.1. The molecule has 10 heteroatoms. The van der Waals surface area contributed by atoms with E-state index in [-0.39, 0.29) is 28.7 Å². The molecule has 1 amide bonds. The zero-order valence-corrected chi connectivity index (χ0v) is 15.5. The Labute approximate surface area is 144 Å². The van der Waals surface area contributed by atoms with Gasteiger partial charge in [-0.25, -0.2) is 8.42 Å². The maximum Gasteiger partial charge on any atom is 0.235 e. The average Bonchev–Trinajstić information content (AvgIpc) is 3.07. The van der Waals surface area contributed by atoms with Gasteiger partial charge in [0.1, 0.15) is 0 Å². The summed E-state index contributed by atoms with van der Waals surface area (Å²) >= 11 is 2.82. The van der Waals surface area contributed by atoms with Crippen molar-refractivity contribution in [1.82, 2.24) is 15.1 Å². The molecular weight excluding hydrogens is 356 g/mol. The Morgan fingerprint density at radius 2 is 2.13 bits per heavy atom. The molecule has 2 heterocycles. The molecule has 2 aliphatic rings. The second-order valence-corrected chi connectivity index (χ2v) is 10.9. The average molecular weight is 377 g/mol. The largest absolute Gasteiger partial charge is 0.357 e. The zero-order valence-electron chi connectivity index (χ0n) is 13.1. The first-order chi connectivity index (χ1) is 10.8. The SMILES string of the molecule is C[C@@H](Sc1nnc(NC2CC2)s1)C(=O)N(C)[C@H]1CCS(=O)(=O)C1. The molecular formula is C13H20N4O3S3. The van der Waals surface area contributed by atoms with Crippen LogP contribution in [0.15, 0.2) is 4.34 Å². The quantitative estimate of drug-likeness (QED) is 0.747. The number of amides is 1. The van der Waals surface area contributed by atoms with E-state index in [2.05, 4.69) is 15.5 Å². The van der Waals surface area contributed by atoms with Crippen LogP contribution in [-0.2, 0) is 14.6 Å². The lowest BCUT2D eigenvalue weighted by atomic mass is 10.2. The molecule has 1 aliphatic heterocycles. The summed E-state index contributed by atoms with van der Waals surface area (Å²) in [6, 6.07) is 0.312. The Morgan fingerprint density at radius 3 is 2.74 bits per heavy atom. The van der Waals surface area contributed by atoms with Gasteiger partial charge in [-0.3, -0.25) is 4.79 Å². The minimum atomic E-state index is -2.99. The van der Waals surface area contributed by atoms with Gasteiger partial charge in [0.15, 0.2) is 14.2 Å². The van der Waals surface area contributed by atoms with Gasteiger partial charge >= 0.3 is 0 Å². The number of rotatable bonds is 6. The Balaban J connectivity index is 1.55. The molecule has 0 radical (unpaired) electrons. The molecule has 1 N–H and O–H groups in total. The number of sulfone groups is 1. The molecule has 1 aliphatic carbocycles. The van der Waals surface area contributed by atoms with Crippen LogP contribution in [0.3, 0.4) is 0 Å². The van der Waals surface area contributed by atoms with Gasteiger partial charge in [0, 0.05) is 19.1 Å². The van der Waals surface area contributed by atoms with Crippen LogP contribution >= 0.6 is 23.1 Å². The number of nitrogens with one attached hydrogen (secondary N) is 1. The van der Waals surface area contributed by atoms with Crippen LogP contribution in [0.4, 0.5) is 5.13 Å². The predicted molar refractivity (Wildman–Crippen MR) is 91.7 cm³/mol. The number of thioether (sulfide) groups is 1. The van der Waals surface area contributed by atoms with E-state index in [0.717, 1.165) is 9.47 Å². The topological polar surface area (TPSA) is 92.3 Å². The third kappa shape index (κ3) is 4.36. The molecule has 1 aromatic heterocycles. The first kappa shape index (κ1) is 17.0. The van der Waals surface area contributed by atoms with Crippen molar-refractivity contribution >= 4 is 44.0 Å². The predicted octanol–water partition coefficient (Wildman–Crippen LogP) is 1.24. The van der Waals surface area contributed by atoms with E-state index in [1.807, 2.05) is 6.92 Å². The fourth-order valence-corrected chi connectivity index (χ4v) is 6.32. The van der Waals surface area contributed by atoms with Gasteiger partial charge in [-0.2, -0.15) is 0 Å². The van der Waals surface area contributed by atoms with Crippen molar-refractivity contribution in [3.63, 3.8) is 0 Å². The number of carbonyl (C=O) groups excluding carboxylic acids is 1. The van der Waals surface area contributed by atoms with Gasteiger partial charge in [-0.1, -0.05) is 23.1 Å². The summed E-state index contributed by atoms with van der Waals surface area (Å²) in [7, 11) is -1.30. The van der Waals surface area contributed by atoms with Crippen LogP contribution in [0.5, 0.6) is 0 Å². The number of nitrogens with zero attached hydrogens (tertiary/aromatic N) is 3. The van der Waals surface area contributed by atoms with Crippen LogP contribution in [-0.4, -0.2) is 65.3 Å². The fourth-order valence-electron chi connectivity index (χ4n) is 2.47. The molecule has 1 saturated carbocycles. The van der Waals surface area contributed by atoms with Gasteiger partial charge < -0.3 is 10.2 Å². The Morgan fingerprint density at radius 1 is 1.39 bits per heavy atom. The molecule has 0 unspecified atom stereocenters. The van der Waals surface area contributed by atoms with E-state index >= 15 is 0 Å². The van der Waals surface area contributed by atoms with Crippen molar-refractivity contribution in [3.8, 4) is 0 Å². The summed E-state index contributed by atoms with van der Waals surface area (Å²) < 4.78 is 23.9. The molecule has 23 heavy (non-hydrogen) atoms. The molecule has 0 aromatic carbocycles. The molecule has 1 saturated heterocycles. The smallest absolute Gasteiger partial charge is 0.235 e. The monoisotopic (exact) mass is 376 g/mol. The number of hydrogen-bond acceptors (Lipinski definition) is 8. The molecule has 7 nitrogen and oxygen atoms in total. The highest BCUT2D eigenvalue weighted by molar-refractivity contribution is 8.02. The number of hydrogen-bond donors (Lipinski definition) is 1. The van der Waals surface area contributed by atoms with E-state index in [9.17, 15) is 13.2 Å². The van der Waals surface area contributed by atoms with Gasteiger partial charge in [0.25, 0.3) is 0 Å². The van der Waals surface area contributed by atoms with Gasteiger partial charge in [0.05, 0.1) is 16.8 Å². The number of carbonyl (C=O) groups is 1. The van der Waals surface area contributed by atoms with Crippen molar-refractivity contribution in [2.45, 2.75) is 47.9 Å². The van der Waals surface area contributed by atoms with Gasteiger partial charge in [-0.15, -0.1) is 10.2 Å². The van der Waals surface area contributed by atoms with Crippen LogP contribution < -0.4 is 5.32 Å². The molecule has 3 rings (SSSR count). The number of anilines is 1. The van der Waals surface area contributed by atoms with Crippen molar-refractivity contribution in [2.24, 2.45) is 0 Å². The van der Waals surface area contributed by atoms with E-state index in [4.69, 9.17) is 0 Å². The summed E-state index contributed by atoms with van der Waals surface area (Å²) in [5.41, 5.74) is 0. The summed E-state index contributed by atoms with van der Waals surface area (Å²) in [6.07, 6.45) is 2.87. The van der Waals surface area contributed by atoms with Crippen LogP contribution in [0.25, 0.3) is 0 Å². The molecule has 0 bridgehead atoms. The van der Waals surface area contributed by atoms with Crippen molar-refractivity contribution in [3.05, 3.63) is 0 Å². The lowest BCUT2D eigenvalue weighted by molar-refractivity contribution is -0.130. The third-order valence-electron chi connectivity index (χ3n) is 4.04. The third-order valence-corrected chi connectivity index (χ3v) is 7.82. The highest BCUT2D eigenvalue weighted by atomic mass is 32.2. The van der Waals surface area contributed by atoms with Crippen LogP contribution in [0, 0.1) is 0 Å². The highest BCUT2D eigenvalue weighted by Gasteiger charge is 2.34. The summed E-state index contributed by atoms with van der Waals surface area (Å²) in [5, 5.41) is 12.0. The van der Waals surface area contributed by atoms with E-state index in [1.165, 1.54) is 35.9 Å². The molecule has 128 valence electrons. The first-order valence-electron chi connectivity index (χ1n) is 7.58. The zero-order chi connectivity index (χ0) is 16.6. The van der Waals surface area contributed by atoms with Gasteiger partial charge in [-0.05, 0) is 26.2 Å². The maximum absolute atomic E-state index is 12.5. The number of aromatic nitrogens is 2. The fraction of sp³-hybridized carbons (Fsp3) is 0.769. The minimum Gasteiger partial charge on any atom is -0.357 e. The molecule has 1 aromatic rings.